The topological polar surface area (TPSA) is 115 Å². The molecule has 0 amide bonds. The third-order valence-corrected chi connectivity index (χ3v) is 0.621. The molecule has 0 aliphatic heterocycles. The number of hydrogen-bond donors (Lipinski definition) is 4. The molecular weight excluding hydrogens is 156 g/mol. The van der Waals surface area contributed by atoms with Gasteiger partial charge in [-0.3, -0.25) is 9.59 Å². The summed E-state index contributed by atoms with van der Waals surface area (Å²) < 4.78 is 0. The molecule has 6 nitrogen and oxygen atoms in total. The van der Waals surface area contributed by atoms with Gasteiger partial charge in [-0.1, -0.05) is 0 Å². The Morgan fingerprint density at radius 2 is 1.91 bits per heavy atom. The molecule has 0 saturated heterocycles. The molecule has 0 aromatic rings. The van der Waals surface area contributed by atoms with Gasteiger partial charge in [0.1, 0.15) is 0 Å². The Bertz CT molecular complexity index is 112. The molecule has 1 unspecified atom stereocenters. The van der Waals surface area contributed by atoms with Crippen LogP contribution in [-0.2, 0) is 9.59 Å². The first-order valence-corrected chi connectivity index (χ1v) is 2.67. The summed E-state index contributed by atoms with van der Waals surface area (Å²) >= 11 is 0. The van der Waals surface area contributed by atoms with Gasteiger partial charge < -0.3 is 20.4 Å². The molecule has 0 aromatic heterocycles. The Hall–Kier alpha value is -1.14. The van der Waals surface area contributed by atoms with Crippen LogP contribution in [0.25, 0.3) is 0 Å². The number of aliphatic carboxylic acids is 1. The van der Waals surface area contributed by atoms with Crippen LogP contribution < -0.4 is 0 Å². The van der Waals surface area contributed by atoms with Crippen molar-refractivity contribution < 1.29 is 30.0 Å². The molecule has 0 aromatic carbocycles. The van der Waals surface area contributed by atoms with Crippen molar-refractivity contribution in [1.82, 2.24) is 0 Å². The lowest BCUT2D eigenvalue weighted by molar-refractivity contribution is -0.139. The first-order chi connectivity index (χ1) is 5.08. The van der Waals surface area contributed by atoms with Crippen molar-refractivity contribution >= 4 is 12.4 Å². The zero-order chi connectivity index (χ0) is 9.28. The predicted octanol–water partition coefficient (Wildman–Crippen LogP) is -1.48. The molecule has 0 aliphatic carbocycles. The van der Waals surface area contributed by atoms with Gasteiger partial charge in [-0.2, -0.15) is 0 Å². The molecule has 66 valence electrons. The molecule has 0 rings (SSSR count). The molecule has 0 spiro atoms. The average molecular weight is 166 g/mol. The average Bonchev–Trinajstić information content (AvgIpc) is 1.88. The van der Waals surface area contributed by atoms with Crippen molar-refractivity contribution in [3.63, 3.8) is 0 Å². The minimum Gasteiger partial charge on any atom is -0.483 e. The van der Waals surface area contributed by atoms with E-state index in [0.717, 1.165) is 0 Å². The van der Waals surface area contributed by atoms with E-state index < -0.39 is 25.1 Å². The fourth-order valence-electron chi connectivity index (χ4n) is 0.266. The van der Waals surface area contributed by atoms with Gasteiger partial charge in [0.05, 0.1) is 19.1 Å². The maximum absolute atomic E-state index is 9.70. The minimum atomic E-state index is -1.12. The first kappa shape index (κ1) is 12.5. The largest absolute Gasteiger partial charge is 0.483 e. The van der Waals surface area contributed by atoms with Crippen LogP contribution in [0.2, 0.25) is 0 Å². The maximum Gasteiger partial charge on any atom is 0.306 e. The summed E-state index contributed by atoms with van der Waals surface area (Å²) in [6, 6.07) is 0. The summed E-state index contributed by atoms with van der Waals surface area (Å²) in [6.07, 6.45) is -1.51. The molecule has 0 fully saturated rings. The van der Waals surface area contributed by atoms with Gasteiger partial charge in [0, 0.05) is 0 Å². The Kier molecular flexibility index (Phi) is 10.1. The highest BCUT2D eigenvalue weighted by Gasteiger charge is 2.05. The quantitative estimate of drug-likeness (QED) is 0.380. The molecule has 1 atom stereocenters. The van der Waals surface area contributed by atoms with Gasteiger partial charge in [-0.05, 0) is 0 Å². The van der Waals surface area contributed by atoms with Gasteiger partial charge in [-0.25, -0.2) is 0 Å². The van der Waals surface area contributed by atoms with Gasteiger partial charge in [0.15, 0.2) is 0 Å². The number of rotatable bonds is 3. The van der Waals surface area contributed by atoms with E-state index >= 15 is 0 Å². The Morgan fingerprint density at radius 3 is 2.00 bits per heavy atom. The number of carbonyl (C=O) groups is 2. The van der Waals surface area contributed by atoms with Crippen molar-refractivity contribution in [3.05, 3.63) is 0 Å². The van der Waals surface area contributed by atoms with E-state index in [2.05, 4.69) is 0 Å². The summed E-state index contributed by atoms with van der Waals surface area (Å²) in [5, 5.41) is 31.3. The van der Waals surface area contributed by atoms with E-state index in [4.69, 9.17) is 25.2 Å². The fourth-order valence-corrected chi connectivity index (χ4v) is 0.266. The molecule has 6 heteroatoms. The van der Waals surface area contributed by atoms with Crippen LogP contribution in [0.4, 0.5) is 0 Å². The Labute approximate surface area is 62.7 Å². The fraction of sp³-hybridized carbons (Fsp3) is 0.600. The van der Waals surface area contributed by atoms with Gasteiger partial charge in [0.25, 0.3) is 6.47 Å². The van der Waals surface area contributed by atoms with E-state index in [-0.39, 0.29) is 6.47 Å². The van der Waals surface area contributed by atoms with E-state index in [1.54, 1.807) is 0 Å². The van der Waals surface area contributed by atoms with E-state index in [1.165, 1.54) is 0 Å². The lowest BCUT2D eigenvalue weighted by Crippen LogP contribution is -2.16. The highest BCUT2D eigenvalue weighted by Crippen LogP contribution is 1.87. The van der Waals surface area contributed by atoms with Crippen molar-refractivity contribution in [3.8, 4) is 0 Å². The lowest BCUT2D eigenvalue weighted by atomic mass is 10.3. The van der Waals surface area contributed by atoms with Gasteiger partial charge in [0.2, 0.25) is 0 Å². The van der Waals surface area contributed by atoms with Crippen LogP contribution in [-0.4, -0.2) is 45.6 Å². The monoisotopic (exact) mass is 166 g/mol. The van der Waals surface area contributed by atoms with Crippen molar-refractivity contribution in [2.75, 3.05) is 6.61 Å². The second-order valence-electron chi connectivity index (χ2n) is 1.54. The molecule has 11 heavy (non-hydrogen) atoms. The second kappa shape index (κ2) is 8.86. The number of carboxylic acids is 1. The van der Waals surface area contributed by atoms with Crippen LogP contribution in [0, 0.1) is 0 Å². The summed E-state index contributed by atoms with van der Waals surface area (Å²) in [5.41, 5.74) is 0. The standard InChI is InChI=1S/C4H8O4.CH2O2/c5-2-3(6)1-4(7)8;2-1-3/h3,5-6H,1-2H2,(H,7,8);1H,(H,2,3). The van der Waals surface area contributed by atoms with E-state index in [0.29, 0.717) is 0 Å². The normalized spacial score (nSPS) is 10.7. The van der Waals surface area contributed by atoms with Crippen molar-refractivity contribution in [2.24, 2.45) is 0 Å². The minimum absolute atomic E-state index is 0.250. The molecule has 0 bridgehead atoms. The number of hydrogen-bond acceptors (Lipinski definition) is 4. The first-order valence-electron chi connectivity index (χ1n) is 2.67. The zero-order valence-corrected chi connectivity index (χ0v) is 5.67. The molecule has 0 saturated carbocycles. The van der Waals surface area contributed by atoms with Crippen LogP contribution in [0.15, 0.2) is 0 Å². The second-order valence-corrected chi connectivity index (χ2v) is 1.54. The van der Waals surface area contributed by atoms with Crippen LogP contribution in [0.1, 0.15) is 6.42 Å². The Morgan fingerprint density at radius 1 is 1.55 bits per heavy atom. The van der Waals surface area contributed by atoms with Gasteiger partial charge >= 0.3 is 5.97 Å². The number of aliphatic hydroxyl groups is 2. The highest BCUT2D eigenvalue weighted by atomic mass is 16.4. The number of carboxylic acid groups (broad SMARTS) is 2. The molecule has 0 aliphatic rings. The predicted molar refractivity (Wildman–Crippen MR) is 34.0 cm³/mol. The third kappa shape index (κ3) is 17.7. The Balaban J connectivity index is 0. The lowest BCUT2D eigenvalue weighted by Gasteiger charge is -1.99. The maximum atomic E-state index is 9.70. The van der Waals surface area contributed by atoms with Crippen molar-refractivity contribution in [1.29, 1.82) is 0 Å². The molecule has 4 N–H and O–H groups in total. The summed E-state index contributed by atoms with van der Waals surface area (Å²) in [5.74, 6) is -1.11. The smallest absolute Gasteiger partial charge is 0.306 e. The van der Waals surface area contributed by atoms with Crippen molar-refractivity contribution in [2.45, 2.75) is 12.5 Å². The van der Waals surface area contributed by atoms with Gasteiger partial charge in [-0.15, -0.1) is 0 Å². The zero-order valence-electron chi connectivity index (χ0n) is 5.67. The SMILES string of the molecule is O=C(O)CC(O)CO.O=CO. The van der Waals surface area contributed by atoms with E-state index in [1.807, 2.05) is 0 Å². The van der Waals surface area contributed by atoms with Crippen LogP contribution in [0.3, 0.4) is 0 Å². The highest BCUT2D eigenvalue weighted by molar-refractivity contribution is 5.67. The molecule has 0 heterocycles. The van der Waals surface area contributed by atoms with Crippen LogP contribution in [0.5, 0.6) is 0 Å². The van der Waals surface area contributed by atoms with E-state index in [9.17, 15) is 4.79 Å². The summed E-state index contributed by atoms with van der Waals surface area (Å²) in [4.78, 5) is 18.1. The van der Waals surface area contributed by atoms with Crippen LogP contribution >= 0.6 is 0 Å². The molecule has 0 radical (unpaired) electrons. The summed E-state index contributed by atoms with van der Waals surface area (Å²) in [7, 11) is 0. The third-order valence-electron chi connectivity index (χ3n) is 0.621. The molecular formula is C5H10O6. The number of aliphatic hydroxyl groups excluding tert-OH is 2. The summed E-state index contributed by atoms with van der Waals surface area (Å²) in [6.45, 7) is -0.744.